The molecule has 11 aromatic rings. The molecule has 0 bridgehead atoms. The Balaban J connectivity index is 1.23. The largest absolute Gasteiger partial charge is 0.309 e. The molecular formula is C52H34N2. The third-order valence-electron chi connectivity index (χ3n) is 10.6. The van der Waals surface area contributed by atoms with E-state index in [4.69, 9.17) is 2.74 Å². The highest BCUT2D eigenvalue weighted by molar-refractivity contribution is 6.14. The van der Waals surface area contributed by atoms with E-state index in [1.54, 1.807) is 4.57 Å². The maximum Gasteiger partial charge on any atom is 0.0645 e. The van der Waals surface area contributed by atoms with E-state index < -0.39 is 12.1 Å². The summed E-state index contributed by atoms with van der Waals surface area (Å²) in [6.45, 7) is 0. The lowest BCUT2D eigenvalue weighted by molar-refractivity contribution is 1.18. The van der Waals surface area contributed by atoms with Gasteiger partial charge in [-0.1, -0.05) is 152 Å². The van der Waals surface area contributed by atoms with Crippen LogP contribution in [0.4, 0.5) is 0 Å². The molecule has 0 aliphatic rings. The Morgan fingerprint density at radius 1 is 0.333 bits per heavy atom. The Labute approximate surface area is 323 Å². The molecular weight excluding hydrogens is 653 g/mol. The van der Waals surface area contributed by atoms with Gasteiger partial charge in [0.1, 0.15) is 0 Å². The van der Waals surface area contributed by atoms with Crippen molar-refractivity contribution in [3.63, 3.8) is 0 Å². The van der Waals surface area contributed by atoms with Crippen LogP contribution in [0.15, 0.2) is 206 Å². The first kappa shape index (κ1) is 24.2. The fraction of sp³-hybridized carbons (Fsp3) is 0. The molecule has 2 heterocycles. The van der Waals surface area contributed by atoms with Crippen molar-refractivity contribution in [2.45, 2.75) is 0 Å². The average molecular weight is 694 g/mol. The molecule has 2 heteroatoms. The fourth-order valence-corrected chi connectivity index (χ4v) is 8.08. The third kappa shape index (κ3) is 4.74. The van der Waals surface area contributed by atoms with Crippen LogP contribution in [0.25, 0.3) is 99.1 Å². The van der Waals surface area contributed by atoms with E-state index in [0.29, 0.717) is 11.3 Å². The average Bonchev–Trinajstić information content (AvgIpc) is 3.83. The Morgan fingerprint density at radius 2 is 0.926 bits per heavy atom. The van der Waals surface area contributed by atoms with Crippen LogP contribution >= 0.6 is 0 Å². The van der Waals surface area contributed by atoms with E-state index in [9.17, 15) is 6.85 Å². The molecule has 0 radical (unpaired) electrons. The summed E-state index contributed by atoms with van der Waals surface area (Å²) in [7, 11) is 0. The lowest BCUT2D eigenvalue weighted by atomic mass is 9.99. The molecule has 0 atom stereocenters. The van der Waals surface area contributed by atoms with E-state index in [-0.39, 0.29) is 57.6 Å². The topological polar surface area (TPSA) is 9.86 Å². The summed E-state index contributed by atoms with van der Waals surface area (Å²) in [4.78, 5) is 0. The van der Waals surface area contributed by atoms with E-state index in [2.05, 4.69) is 59.2 Å². The molecule has 0 saturated carbocycles. The van der Waals surface area contributed by atoms with Crippen molar-refractivity contribution in [2.75, 3.05) is 0 Å². The fourth-order valence-electron chi connectivity index (χ4n) is 8.08. The summed E-state index contributed by atoms with van der Waals surface area (Å²) >= 11 is 0. The van der Waals surface area contributed by atoms with Gasteiger partial charge in [-0.05, 0) is 87.7 Å². The highest BCUT2D eigenvalue weighted by atomic mass is 15.0. The Morgan fingerprint density at radius 3 is 1.72 bits per heavy atom. The molecule has 0 aliphatic heterocycles. The number of aromatic nitrogens is 2. The standard InChI is InChI=1S/C52H34N2/c1-3-14-35(15-4-1)38-26-29-51-45(32-38)46-34-40(28-31-52(46)54(51)47-23-11-9-21-41(47)36-16-5-2-6-17-36)39-27-30-50-44(33-39)43-22-10-12-24-49(43)53(50)48-25-13-19-37-18-7-8-20-42(37)48/h1-34H/i10D,12D,22D,24D,27D,30D,33D. The molecule has 0 spiro atoms. The minimum atomic E-state index is -0.420. The predicted molar refractivity (Wildman–Crippen MR) is 229 cm³/mol. The van der Waals surface area contributed by atoms with Gasteiger partial charge in [0, 0.05) is 32.5 Å². The van der Waals surface area contributed by atoms with E-state index in [1.165, 1.54) is 0 Å². The number of rotatable bonds is 5. The van der Waals surface area contributed by atoms with Crippen molar-refractivity contribution < 1.29 is 9.60 Å². The maximum absolute atomic E-state index is 9.93. The summed E-state index contributed by atoms with van der Waals surface area (Å²) in [5.74, 6) is 0. The van der Waals surface area contributed by atoms with Crippen LogP contribution in [-0.4, -0.2) is 9.13 Å². The number of hydrogen-bond donors (Lipinski definition) is 0. The Hall–Kier alpha value is -7.16. The summed E-state index contributed by atoms with van der Waals surface area (Å²) in [6.07, 6.45) is 0. The van der Waals surface area contributed by atoms with Crippen molar-refractivity contribution in [3.05, 3.63) is 206 Å². The highest BCUT2D eigenvalue weighted by Gasteiger charge is 2.19. The molecule has 0 amide bonds. The zero-order chi connectivity index (χ0) is 41.7. The first-order chi connectivity index (χ1) is 29.7. The quantitative estimate of drug-likeness (QED) is 0.170. The molecule has 2 nitrogen and oxygen atoms in total. The first-order valence-electron chi connectivity index (χ1n) is 21.5. The molecule has 2 aromatic heterocycles. The van der Waals surface area contributed by atoms with Crippen LogP contribution in [0.5, 0.6) is 0 Å². The summed E-state index contributed by atoms with van der Waals surface area (Å²) < 4.78 is 68.9. The minimum absolute atomic E-state index is 0.0764. The van der Waals surface area contributed by atoms with Crippen LogP contribution in [0.2, 0.25) is 0 Å². The molecule has 252 valence electrons. The Kier molecular flexibility index (Phi) is 5.47. The van der Waals surface area contributed by atoms with Crippen molar-refractivity contribution in [1.29, 1.82) is 0 Å². The second kappa shape index (κ2) is 12.2. The van der Waals surface area contributed by atoms with Gasteiger partial charge >= 0.3 is 0 Å². The van der Waals surface area contributed by atoms with Gasteiger partial charge in [0.15, 0.2) is 0 Å². The molecule has 0 aliphatic carbocycles. The van der Waals surface area contributed by atoms with Gasteiger partial charge in [0.2, 0.25) is 0 Å². The van der Waals surface area contributed by atoms with Gasteiger partial charge < -0.3 is 9.13 Å². The number of para-hydroxylation sites is 2. The smallest absolute Gasteiger partial charge is 0.0645 e. The summed E-state index contributed by atoms with van der Waals surface area (Å²) in [5, 5.41) is 3.95. The molecule has 0 N–H and O–H groups in total. The van der Waals surface area contributed by atoms with Gasteiger partial charge in [-0.3, -0.25) is 0 Å². The van der Waals surface area contributed by atoms with E-state index >= 15 is 0 Å². The first-order valence-corrected chi connectivity index (χ1v) is 18.0. The normalized spacial score (nSPS) is 13.5. The monoisotopic (exact) mass is 693 g/mol. The summed E-state index contributed by atoms with van der Waals surface area (Å²) in [6, 6.07) is 52.9. The number of nitrogens with zero attached hydrogens (tertiary/aromatic N) is 2. The van der Waals surface area contributed by atoms with Crippen LogP contribution in [0, 0.1) is 0 Å². The lowest BCUT2D eigenvalue weighted by Crippen LogP contribution is -1.97. The molecule has 0 fully saturated rings. The number of fused-ring (bicyclic) bond motifs is 7. The van der Waals surface area contributed by atoms with Crippen LogP contribution in [0.1, 0.15) is 9.60 Å². The zero-order valence-electron chi connectivity index (χ0n) is 36.0. The van der Waals surface area contributed by atoms with Crippen molar-refractivity contribution in [2.24, 2.45) is 0 Å². The van der Waals surface area contributed by atoms with Gasteiger partial charge in [-0.25, -0.2) is 0 Å². The van der Waals surface area contributed by atoms with Crippen LogP contribution < -0.4 is 0 Å². The number of benzene rings is 9. The minimum Gasteiger partial charge on any atom is -0.309 e. The second-order valence-electron chi connectivity index (χ2n) is 13.6. The summed E-state index contributed by atoms with van der Waals surface area (Å²) in [5.41, 5.74) is 8.92. The van der Waals surface area contributed by atoms with E-state index in [1.807, 2.05) is 109 Å². The molecule has 11 rings (SSSR count). The van der Waals surface area contributed by atoms with Crippen molar-refractivity contribution in [3.8, 4) is 44.8 Å². The number of hydrogen-bond acceptors (Lipinski definition) is 0. The molecule has 9 aromatic carbocycles. The molecule has 54 heavy (non-hydrogen) atoms. The maximum atomic E-state index is 9.93. The molecule has 0 unspecified atom stereocenters. The zero-order valence-corrected chi connectivity index (χ0v) is 29.0. The van der Waals surface area contributed by atoms with Gasteiger partial charge in [0.05, 0.1) is 43.0 Å². The van der Waals surface area contributed by atoms with Gasteiger partial charge in [0.25, 0.3) is 0 Å². The predicted octanol–water partition coefficient (Wildman–Crippen LogP) is 14.0. The Bertz CT molecular complexity index is 3600. The SMILES string of the molecule is [2H]c1c([2H])c([2H])c2c(c1[2H])c1c([2H])c(-c3ccc4c(c3)c3cc(-c5ccccc5)ccc3n4-c3ccccc3-c3ccccc3)c([2H])c([2H])c1n2-c1cccc2ccccc12. The van der Waals surface area contributed by atoms with Crippen LogP contribution in [-0.2, 0) is 0 Å². The van der Waals surface area contributed by atoms with Crippen molar-refractivity contribution >= 4 is 54.4 Å². The highest BCUT2D eigenvalue weighted by Crippen LogP contribution is 2.41. The van der Waals surface area contributed by atoms with Crippen LogP contribution in [0.3, 0.4) is 0 Å². The van der Waals surface area contributed by atoms with Gasteiger partial charge in [-0.2, -0.15) is 0 Å². The third-order valence-corrected chi connectivity index (χ3v) is 10.6. The molecule has 0 saturated heterocycles. The lowest BCUT2D eigenvalue weighted by Gasteiger charge is -2.14. The second-order valence-corrected chi connectivity index (χ2v) is 13.6. The van der Waals surface area contributed by atoms with Crippen molar-refractivity contribution in [1.82, 2.24) is 9.13 Å². The van der Waals surface area contributed by atoms with E-state index in [0.717, 1.165) is 60.5 Å². The van der Waals surface area contributed by atoms with Gasteiger partial charge in [-0.15, -0.1) is 0 Å².